The lowest BCUT2D eigenvalue weighted by Crippen LogP contribution is -2.42. The summed E-state index contributed by atoms with van der Waals surface area (Å²) in [6.45, 7) is 30.0. The van der Waals surface area contributed by atoms with Gasteiger partial charge in [-0.25, -0.2) is 18.9 Å². The lowest BCUT2D eigenvalue weighted by molar-refractivity contribution is -0.117. The Morgan fingerprint density at radius 2 is 0.775 bits per heavy atom. The number of aromatic amines is 3. The summed E-state index contributed by atoms with van der Waals surface area (Å²) in [5, 5.41) is 32.3. The molecule has 0 radical (unpaired) electrons. The third-order valence-electron chi connectivity index (χ3n) is 11.5. The summed E-state index contributed by atoms with van der Waals surface area (Å²) >= 11 is 5.11. The van der Waals surface area contributed by atoms with Gasteiger partial charge in [0, 0.05) is 36.8 Å². The van der Waals surface area contributed by atoms with Crippen molar-refractivity contribution in [3.63, 3.8) is 0 Å². The van der Waals surface area contributed by atoms with E-state index in [9.17, 15) is 58.4 Å². The Balaban J connectivity index is 0.000000259. The normalized spacial score (nSPS) is 28.3. The number of aliphatic hydroxyl groups is 3. The van der Waals surface area contributed by atoms with E-state index < -0.39 is 133 Å². The first-order valence-corrected chi connectivity index (χ1v) is 30.2. The van der Waals surface area contributed by atoms with Crippen molar-refractivity contribution >= 4 is 26.3 Å². The second-order valence-electron chi connectivity index (χ2n) is 26.7. The Hall–Kier alpha value is -3.60. The molecule has 8 N–H and O–H groups in total. The van der Waals surface area contributed by atoms with Crippen LogP contribution in [0.4, 0.5) is 0 Å². The lowest BCUT2D eigenvalue weighted by Gasteiger charge is -2.32. The number of nitrogens with one attached hydrogen (secondary N) is 3. The molecule has 14 atom stereocenters. The largest absolute Gasteiger partial charge is 0.473 e. The van der Waals surface area contributed by atoms with Crippen molar-refractivity contribution in [2.24, 2.45) is 16.2 Å². The van der Waals surface area contributed by atoms with E-state index in [0.29, 0.717) is 19.3 Å². The molecular formula is C51H86N6O20P2S. The molecule has 456 valence electrons. The minimum atomic E-state index is -4.53. The van der Waals surface area contributed by atoms with Gasteiger partial charge in [-0.2, -0.15) is 0 Å². The molecule has 3 saturated heterocycles. The first kappa shape index (κ1) is 68.9. The Morgan fingerprint density at radius 1 is 0.487 bits per heavy atom. The van der Waals surface area contributed by atoms with Crippen molar-refractivity contribution in [2.45, 2.75) is 234 Å². The molecule has 5 unspecified atom stereocenters. The highest BCUT2D eigenvalue weighted by molar-refractivity contribution is 8.07. The summed E-state index contributed by atoms with van der Waals surface area (Å²) in [6, 6.07) is 3.50. The van der Waals surface area contributed by atoms with Crippen LogP contribution in [-0.2, 0) is 53.4 Å². The number of nitrogens with zero attached hydrogens (tertiary/aromatic N) is 3. The summed E-state index contributed by atoms with van der Waals surface area (Å²) in [6.07, 6.45) is -6.29. The minimum absolute atomic E-state index is 0.0330. The van der Waals surface area contributed by atoms with Gasteiger partial charge in [-0.3, -0.25) is 56.6 Å². The van der Waals surface area contributed by atoms with E-state index >= 15 is 0 Å². The molecule has 0 bridgehead atoms. The van der Waals surface area contributed by atoms with Gasteiger partial charge in [0.05, 0.1) is 35.1 Å². The molecule has 0 amide bonds. The quantitative estimate of drug-likeness (QED) is 0.108. The zero-order chi connectivity index (χ0) is 61.3. The van der Waals surface area contributed by atoms with Gasteiger partial charge >= 0.3 is 31.6 Å². The van der Waals surface area contributed by atoms with E-state index in [-0.39, 0.29) is 22.3 Å². The molecule has 6 rings (SSSR count). The molecule has 3 aliphatic heterocycles. The average molecular weight is 1200 g/mol. The monoisotopic (exact) mass is 1200 g/mol. The number of aliphatic hydroxyl groups excluding tert-OH is 3. The van der Waals surface area contributed by atoms with Crippen LogP contribution in [0.3, 0.4) is 0 Å². The molecule has 80 heavy (non-hydrogen) atoms. The standard InChI is InChI=1S/C17H29N2O8P.C17H29N2O7PS.C17H28N2O5/c1-16(2,3)9-10-13(26-28(23,24)27-17(4,5)6)12(21)14(25-10)19-8-7-11(20)18-15(19)22;1-16(2,3)9-10-13(25-27(23,28)26-17(4,5)6)12(21)14(24-10)19-8-7-11(20)18-15(19)22;1-16(2,3)9-10-13(24-17(4,5)6)12(21)14(23-10)19-8-7-11(20)18-15(19)22/h7-8,10,12-14,21H,9H2,1-6H3,(H,23,24)(H,18,20,22);7-8,10,12-14,21H,9H2,1-6H3,(H,23,28)(H,18,20,22);7-8,10,12-14,21H,9H2,1-6H3,(H,18,20,22)/t10-,12+,13?,14-;10-,12+,13?,14-,27?;10-,12+,13?,14-/m111/s1. The zero-order valence-electron chi connectivity index (χ0n) is 49.0. The molecule has 3 aromatic heterocycles. The third-order valence-corrected chi connectivity index (χ3v) is 14.6. The van der Waals surface area contributed by atoms with Crippen molar-refractivity contribution in [1.29, 1.82) is 0 Å². The number of phosphoric ester groups is 1. The van der Waals surface area contributed by atoms with E-state index in [1.807, 2.05) is 62.3 Å². The molecule has 0 spiro atoms. The summed E-state index contributed by atoms with van der Waals surface area (Å²) in [5.74, 6) is 0. The van der Waals surface area contributed by atoms with Crippen LogP contribution in [0.15, 0.2) is 65.6 Å². The number of ether oxygens (including phenoxy) is 4. The van der Waals surface area contributed by atoms with E-state index in [0.717, 1.165) is 21.3 Å². The van der Waals surface area contributed by atoms with Crippen molar-refractivity contribution in [2.75, 3.05) is 0 Å². The minimum Gasteiger partial charge on any atom is -0.386 e. The lowest BCUT2D eigenvalue weighted by atomic mass is 9.87. The van der Waals surface area contributed by atoms with Gasteiger partial charge in [0.25, 0.3) is 16.7 Å². The smallest absolute Gasteiger partial charge is 0.386 e. The van der Waals surface area contributed by atoms with Crippen LogP contribution in [0, 0.1) is 16.2 Å². The zero-order valence-corrected chi connectivity index (χ0v) is 51.6. The predicted octanol–water partition coefficient (Wildman–Crippen LogP) is 4.59. The van der Waals surface area contributed by atoms with Crippen molar-refractivity contribution in [1.82, 2.24) is 28.7 Å². The van der Waals surface area contributed by atoms with E-state index in [1.54, 1.807) is 41.5 Å². The summed E-state index contributed by atoms with van der Waals surface area (Å²) in [7, 11) is -4.53. The Labute approximate surface area is 469 Å². The highest BCUT2D eigenvalue weighted by atomic mass is 32.5. The average Bonchev–Trinajstić information content (AvgIpc) is 3.78. The van der Waals surface area contributed by atoms with Gasteiger partial charge in [0.1, 0.15) is 36.6 Å². The summed E-state index contributed by atoms with van der Waals surface area (Å²) in [5.41, 5.74) is -6.40. The van der Waals surface area contributed by atoms with Gasteiger partial charge in [-0.05, 0) is 110 Å². The van der Waals surface area contributed by atoms with Crippen molar-refractivity contribution in [3.8, 4) is 0 Å². The van der Waals surface area contributed by atoms with E-state index in [2.05, 4.69) is 35.7 Å². The number of H-pyrrole nitrogens is 3. The first-order chi connectivity index (χ1) is 36.0. The van der Waals surface area contributed by atoms with E-state index in [4.69, 9.17) is 48.8 Å². The molecule has 3 aromatic rings. The predicted molar refractivity (Wildman–Crippen MR) is 298 cm³/mol. The first-order valence-electron chi connectivity index (χ1n) is 26.1. The highest BCUT2D eigenvalue weighted by Gasteiger charge is 2.52. The molecule has 3 fully saturated rings. The molecule has 26 nitrogen and oxygen atoms in total. The maximum atomic E-state index is 12.4. The molecule has 0 saturated carbocycles. The molecule has 0 aliphatic carbocycles. The molecular weight excluding hydrogens is 1110 g/mol. The van der Waals surface area contributed by atoms with Gasteiger partial charge in [-0.1, -0.05) is 62.3 Å². The summed E-state index contributed by atoms with van der Waals surface area (Å²) in [4.78, 5) is 97.1. The fourth-order valence-electron chi connectivity index (χ4n) is 8.89. The SMILES string of the molecule is CC(C)(C)C[C@H]1O[C@@H](n2ccc(=O)[nH]c2=O)[C@@H](O)C1OC(C)(C)C.CC(C)(C)C[C@H]1O[C@@H](n2ccc(=O)[nH]c2=O)[C@@H](O)C1OP(=O)(O)OC(C)(C)C.CC(C)(C)C[C@H]1O[C@@H](n2ccc(=O)[nH]c2=O)[C@@H](O)C1OP(O)(=S)OC(C)(C)C. The van der Waals surface area contributed by atoms with Crippen LogP contribution in [0.5, 0.6) is 0 Å². The highest BCUT2D eigenvalue weighted by Crippen LogP contribution is 2.53. The second kappa shape index (κ2) is 25.7. The Morgan fingerprint density at radius 3 is 1.05 bits per heavy atom. The topological polar surface area (TPSA) is 357 Å². The van der Waals surface area contributed by atoms with Crippen LogP contribution >= 0.6 is 14.5 Å². The van der Waals surface area contributed by atoms with Crippen LogP contribution in [-0.4, -0.2) is 125 Å². The van der Waals surface area contributed by atoms with Crippen LogP contribution in [0.25, 0.3) is 0 Å². The van der Waals surface area contributed by atoms with E-state index in [1.165, 1.54) is 29.2 Å². The second-order valence-corrected chi connectivity index (χ2v) is 30.7. The fraction of sp³-hybridized carbons (Fsp3) is 0.765. The van der Waals surface area contributed by atoms with Crippen LogP contribution in [0.2, 0.25) is 0 Å². The third kappa shape index (κ3) is 21.2. The number of phosphoric acid groups is 1. The van der Waals surface area contributed by atoms with Gasteiger partial charge < -0.3 is 48.6 Å². The molecule has 3 aliphatic rings. The van der Waals surface area contributed by atoms with Crippen LogP contribution < -0.4 is 33.7 Å². The fourth-order valence-corrected chi connectivity index (χ4v) is 12.5. The van der Waals surface area contributed by atoms with Crippen molar-refractivity contribution in [3.05, 3.63) is 99.3 Å². The maximum absolute atomic E-state index is 12.4. The number of hydrogen-bond donors (Lipinski definition) is 8. The molecule has 6 heterocycles. The van der Waals surface area contributed by atoms with Crippen molar-refractivity contribution < 1.29 is 66.7 Å². The number of rotatable bonds is 13. The number of aromatic nitrogens is 6. The Kier molecular flexibility index (Phi) is 22.1. The Bertz CT molecular complexity index is 2880. The number of hydrogen-bond acceptors (Lipinski definition) is 19. The molecule has 29 heteroatoms. The molecule has 0 aromatic carbocycles. The summed E-state index contributed by atoms with van der Waals surface area (Å²) < 4.78 is 61.0. The maximum Gasteiger partial charge on any atom is 0.473 e. The van der Waals surface area contributed by atoms with Gasteiger partial charge in [-0.15, -0.1) is 0 Å². The van der Waals surface area contributed by atoms with Crippen LogP contribution in [0.1, 0.15) is 163 Å². The van der Waals surface area contributed by atoms with Gasteiger partial charge in [0.15, 0.2) is 18.7 Å². The van der Waals surface area contributed by atoms with Gasteiger partial charge in [0.2, 0.25) is 0 Å².